The van der Waals surface area contributed by atoms with Crippen LogP contribution in [-0.2, 0) is 35.2 Å². The number of H-pyrrole nitrogens is 1. The van der Waals surface area contributed by atoms with Crippen LogP contribution in [0.5, 0.6) is 0 Å². The van der Waals surface area contributed by atoms with Gasteiger partial charge in [-0.3, -0.25) is 24.0 Å². The van der Waals surface area contributed by atoms with Gasteiger partial charge in [-0.05, 0) is 19.8 Å². The van der Waals surface area contributed by atoms with E-state index in [-0.39, 0.29) is 32.1 Å². The minimum Gasteiger partial charge on any atom is -0.481 e. The molecule has 4 amide bonds. The minimum absolute atomic E-state index is 0.126. The van der Waals surface area contributed by atoms with Gasteiger partial charge in [-0.2, -0.15) is 0 Å². The maximum Gasteiger partial charge on any atom is 0.328 e. The van der Waals surface area contributed by atoms with Gasteiger partial charge in [0.05, 0.1) is 18.5 Å². The summed E-state index contributed by atoms with van der Waals surface area (Å²) in [5.41, 5.74) is 11.3. The van der Waals surface area contributed by atoms with Crippen molar-refractivity contribution in [2.24, 2.45) is 11.5 Å². The Kier molecular flexibility index (Phi) is 12.0. The summed E-state index contributed by atoms with van der Waals surface area (Å²) in [5.74, 6) is -6.21. The maximum absolute atomic E-state index is 13.0. The first-order chi connectivity index (χ1) is 16.8. The lowest BCUT2D eigenvalue weighted by Crippen LogP contribution is -2.58. The summed E-state index contributed by atoms with van der Waals surface area (Å²) in [5, 5.41) is 34.4. The number of rotatable bonds is 16. The Morgan fingerprint density at radius 1 is 0.972 bits per heavy atom. The Balaban J connectivity index is 3.07. The molecule has 5 unspecified atom stereocenters. The zero-order chi connectivity index (χ0) is 27.4. The van der Waals surface area contributed by atoms with E-state index in [1.165, 1.54) is 12.5 Å². The van der Waals surface area contributed by atoms with Gasteiger partial charge in [0.1, 0.15) is 12.1 Å². The molecule has 0 spiro atoms. The van der Waals surface area contributed by atoms with E-state index in [1.54, 1.807) is 0 Å². The first kappa shape index (κ1) is 30.0. The predicted octanol–water partition coefficient (Wildman–Crippen LogP) is -3.67. The van der Waals surface area contributed by atoms with Crippen LogP contribution in [-0.4, -0.2) is 91.1 Å². The number of nitrogens with zero attached hydrogens (tertiary/aromatic N) is 1. The molecule has 0 saturated heterocycles. The van der Waals surface area contributed by atoms with Gasteiger partial charge in [-0.25, -0.2) is 9.78 Å². The Labute approximate surface area is 205 Å². The van der Waals surface area contributed by atoms with Gasteiger partial charge in [-0.1, -0.05) is 0 Å². The molecule has 5 atom stereocenters. The second kappa shape index (κ2) is 14.4. The van der Waals surface area contributed by atoms with Crippen LogP contribution in [0.4, 0.5) is 0 Å². The van der Waals surface area contributed by atoms with Gasteiger partial charge < -0.3 is 47.7 Å². The smallest absolute Gasteiger partial charge is 0.328 e. The monoisotopic (exact) mass is 513 g/mol. The fourth-order valence-corrected chi connectivity index (χ4v) is 2.98. The minimum atomic E-state index is -1.70. The molecule has 0 aliphatic heterocycles. The van der Waals surface area contributed by atoms with Gasteiger partial charge in [-0.15, -0.1) is 0 Å². The van der Waals surface area contributed by atoms with Crippen molar-refractivity contribution in [1.82, 2.24) is 25.9 Å². The van der Waals surface area contributed by atoms with Crippen LogP contribution in [0.3, 0.4) is 0 Å². The average molecular weight is 514 g/mol. The molecular formula is C20H31N7O9. The molecular weight excluding hydrogens is 482 g/mol. The number of imidazole rings is 1. The molecule has 1 aromatic heterocycles. The third-order valence-corrected chi connectivity index (χ3v) is 4.98. The van der Waals surface area contributed by atoms with Crippen LogP contribution >= 0.6 is 0 Å². The molecule has 11 N–H and O–H groups in total. The van der Waals surface area contributed by atoms with Crippen LogP contribution in [0.2, 0.25) is 0 Å². The van der Waals surface area contributed by atoms with E-state index in [2.05, 4.69) is 25.9 Å². The number of carbonyl (C=O) groups is 6. The molecule has 1 heterocycles. The summed E-state index contributed by atoms with van der Waals surface area (Å²) in [6.07, 6.45) is -0.111. The molecule has 0 aliphatic rings. The number of aromatic amines is 1. The topological polar surface area (TPSA) is 280 Å². The van der Waals surface area contributed by atoms with E-state index < -0.39 is 65.8 Å². The van der Waals surface area contributed by atoms with Crippen LogP contribution < -0.4 is 27.4 Å². The van der Waals surface area contributed by atoms with Crippen molar-refractivity contribution in [3.63, 3.8) is 0 Å². The summed E-state index contributed by atoms with van der Waals surface area (Å²) >= 11 is 0. The maximum atomic E-state index is 13.0. The quantitative estimate of drug-likeness (QED) is 0.104. The summed E-state index contributed by atoms with van der Waals surface area (Å²) in [6.45, 7) is 1.14. The molecule has 36 heavy (non-hydrogen) atoms. The number of carbonyl (C=O) groups excluding carboxylic acids is 4. The van der Waals surface area contributed by atoms with E-state index in [4.69, 9.17) is 16.6 Å². The normalized spacial score (nSPS) is 15.0. The molecule has 1 rings (SSSR count). The standard InChI is InChI=1S/C20H31N7O9/c1-9(28)16(20(35)36)27-18(33)12(3-4-14(22)29)25-19(34)13(6-10-7-23-8-24-10)26-17(32)11(21)2-5-15(30)31/h7-9,11-13,16,28H,2-6,21H2,1H3,(H2,22,29)(H,23,24)(H,25,34)(H,26,32)(H,27,33)(H,30,31)(H,35,36). The van der Waals surface area contributed by atoms with Crippen LogP contribution in [0.1, 0.15) is 38.3 Å². The van der Waals surface area contributed by atoms with Crippen molar-refractivity contribution in [3.05, 3.63) is 18.2 Å². The number of hydrogen-bond donors (Lipinski definition) is 9. The van der Waals surface area contributed by atoms with Crippen LogP contribution in [0.15, 0.2) is 12.5 Å². The van der Waals surface area contributed by atoms with E-state index >= 15 is 0 Å². The second-order valence-electron chi connectivity index (χ2n) is 8.01. The summed E-state index contributed by atoms with van der Waals surface area (Å²) in [4.78, 5) is 78.1. The Morgan fingerprint density at radius 2 is 1.58 bits per heavy atom. The Hall–Kier alpha value is -4.05. The molecule has 200 valence electrons. The van der Waals surface area contributed by atoms with Crippen LogP contribution in [0, 0.1) is 0 Å². The summed E-state index contributed by atoms with van der Waals surface area (Å²) in [7, 11) is 0. The lowest BCUT2D eigenvalue weighted by Gasteiger charge is -2.25. The molecule has 0 aromatic carbocycles. The highest BCUT2D eigenvalue weighted by atomic mass is 16.4. The number of carboxylic acids is 2. The number of aliphatic hydroxyl groups is 1. The third-order valence-electron chi connectivity index (χ3n) is 4.98. The average Bonchev–Trinajstić information content (AvgIpc) is 3.30. The van der Waals surface area contributed by atoms with Gasteiger partial charge in [0.2, 0.25) is 23.6 Å². The number of nitrogens with two attached hydrogens (primary N) is 2. The predicted molar refractivity (Wildman–Crippen MR) is 121 cm³/mol. The SMILES string of the molecule is CC(O)C(NC(=O)C(CCC(N)=O)NC(=O)C(Cc1cnc[nH]1)NC(=O)C(N)CCC(=O)O)C(=O)O. The zero-order valence-corrected chi connectivity index (χ0v) is 19.5. The highest BCUT2D eigenvalue weighted by Crippen LogP contribution is 2.05. The van der Waals surface area contributed by atoms with E-state index in [0.717, 1.165) is 6.92 Å². The Bertz CT molecular complexity index is 936. The summed E-state index contributed by atoms with van der Waals surface area (Å²) in [6, 6.07) is -5.70. The van der Waals surface area contributed by atoms with Gasteiger partial charge in [0.25, 0.3) is 0 Å². The van der Waals surface area contributed by atoms with Crippen molar-refractivity contribution in [1.29, 1.82) is 0 Å². The van der Waals surface area contributed by atoms with E-state index in [1.807, 2.05) is 0 Å². The lowest BCUT2D eigenvalue weighted by atomic mass is 10.1. The van der Waals surface area contributed by atoms with Crippen molar-refractivity contribution in [2.75, 3.05) is 0 Å². The third kappa shape index (κ3) is 10.5. The Morgan fingerprint density at radius 3 is 2.08 bits per heavy atom. The zero-order valence-electron chi connectivity index (χ0n) is 19.5. The number of nitrogens with one attached hydrogen (secondary N) is 4. The van der Waals surface area contributed by atoms with Crippen molar-refractivity contribution >= 4 is 35.6 Å². The largest absolute Gasteiger partial charge is 0.481 e. The number of primary amides is 1. The first-order valence-corrected chi connectivity index (χ1v) is 10.9. The highest BCUT2D eigenvalue weighted by molar-refractivity contribution is 5.94. The van der Waals surface area contributed by atoms with Gasteiger partial charge in [0.15, 0.2) is 6.04 Å². The molecule has 0 bridgehead atoms. The van der Waals surface area contributed by atoms with E-state index in [9.17, 15) is 39.0 Å². The van der Waals surface area contributed by atoms with Crippen molar-refractivity contribution in [3.8, 4) is 0 Å². The lowest BCUT2D eigenvalue weighted by molar-refractivity contribution is -0.145. The van der Waals surface area contributed by atoms with Crippen molar-refractivity contribution in [2.45, 2.75) is 69.3 Å². The second-order valence-corrected chi connectivity index (χ2v) is 8.01. The van der Waals surface area contributed by atoms with Gasteiger partial charge in [0, 0.05) is 31.2 Å². The molecule has 16 heteroatoms. The van der Waals surface area contributed by atoms with Crippen molar-refractivity contribution < 1.29 is 44.1 Å². The molecule has 16 nitrogen and oxygen atoms in total. The number of amides is 4. The number of aliphatic hydroxyl groups excluding tert-OH is 1. The fourth-order valence-electron chi connectivity index (χ4n) is 2.98. The number of carboxylic acid groups (broad SMARTS) is 2. The molecule has 0 aliphatic carbocycles. The first-order valence-electron chi connectivity index (χ1n) is 10.9. The molecule has 1 aromatic rings. The van der Waals surface area contributed by atoms with E-state index in [0.29, 0.717) is 5.69 Å². The highest BCUT2D eigenvalue weighted by Gasteiger charge is 2.32. The summed E-state index contributed by atoms with van der Waals surface area (Å²) < 4.78 is 0. The molecule has 0 radical (unpaired) electrons. The molecule has 0 fully saturated rings. The van der Waals surface area contributed by atoms with Gasteiger partial charge >= 0.3 is 11.9 Å². The number of aromatic nitrogens is 2. The number of hydrogen-bond acceptors (Lipinski definition) is 9. The molecule has 0 saturated carbocycles. The fraction of sp³-hybridized carbons (Fsp3) is 0.550. The van der Waals surface area contributed by atoms with Crippen LogP contribution in [0.25, 0.3) is 0 Å². The number of aliphatic carboxylic acids is 2.